The fourth-order valence-corrected chi connectivity index (χ4v) is 2.66. The zero-order chi connectivity index (χ0) is 14.0. The molecule has 1 aromatic carbocycles. The van der Waals surface area contributed by atoms with Crippen molar-refractivity contribution in [2.75, 3.05) is 6.61 Å². The molecule has 1 unspecified atom stereocenters. The molecule has 19 heavy (non-hydrogen) atoms. The number of ether oxygens (including phenoxy) is 1. The lowest BCUT2D eigenvalue weighted by Gasteiger charge is -2.35. The van der Waals surface area contributed by atoms with E-state index < -0.39 is 5.82 Å². The third-order valence-electron chi connectivity index (χ3n) is 3.23. The Morgan fingerprint density at radius 1 is 1.53 bits per heavy atom. The molecular weight excluding hydrogens is 313 g/mol. The molecule has 0 bridgehead atoms. The maximum Gasteiger partial charge on any atom is 0.254 e. The van der Waals surface area contributed by atoms with E-state index in [0.717, 1.165) is 12.8 Å². The number of amides is 1. The third-order valence-corrected chi connectivity index (χ3v) is 3.84. The number of carbonyl (C=O) groups excluding carboxylic acids is 1. The molecular formula is C14H17BrFNO2. The van der Waals surface area contributed by atoms with Crippen molar-refractivity contribution in [1.29, 1.82) is 0 Å². The summed E-state index contributed by atoms with van der Waals surface area (Å²) in [5.41, 5.74) is -0.176. The number of benzene rings is 1. The van der Waals surface area contributed by atoms with Gasteiger partial charge in [-0.1, -0.05) is 6.07 Å². The minimum atomic E-state index is -0.522. The van der Waals surface area contributed by atoms with Crippen LogP contribution in [0.25, 0.3) is 0 Å². The molecule has 0 radical (unpaired) electrons. The average molecular weight is 330 g/mol. The quantitative estimate of drug-likeness (QED) is 0.904. The molecule has 1 atom stereocenters. The molecule has 0 saturated carbocycles. The van der Waals surface area contributed by atoms with Gasteiger partial charge in [0.05, 0.1) is 15.6 Å². The summed E-state index contributed by atoms with van der Waals surface area (Å²) < 4.78 is 19.7. The Kier molecular flexibility index (Phi) is 4.26. The lowest BCUT2D eigenvalue weighted by Crippen LogP contribution is -2.46. The monoisotopic (exact) mass is 329 g/mol. The van der Waals surface area contributed by atoms with Gasteiger partial charge in [0.15, 0.2) is 0 Å². The Morgan fingerprint density at radius 2 is 2.26 bits per heavy atom. The Bertz CT molecular complexity index is 490. The fraction of sp³-hybridized carbons (Fsp3) is 0.500. The van der Waals surface area contributed by atoms with Gasteiger partial charge in [0.25, 0.3) is 5.91 Å². The van der Waals surface area contributed by atoms with Crippen LogP contribution in [0.15, 0.2) is 22.7 Å². The minimum Gasteiger partial charge on any atom is -0.375 e. The summed E-state index contributed by atoms with van der Waals surface area (Å²) >= 11 is 3.08. The third kappa shape index (κ3) is 3.54. The van der Waals surface area contributed by atoms with E-state index in [2.05, 4.69) is 21.2 Å². The first-order valence-electron chi connectivity index (χ1n) is 6.28. The number of nitrogens with one attached hydrogen (secondary N) is 1. The lowest BCUT2D eigenvalue weighted by molar-refractivity contribution is -0.0615. The van der Waals surface area contributed by atoms with Crippen LogP contribution in [0, 0.1) is 5.82 Å². The molecule has 1 amide bonds. The number of rotatable bonds is 2. The Labute approximate surface area is 120 Å². The van der Waals surface area contributed by atoms with Crippen LogP contribution in [0.4, 0.5) is 4.39 Å². The summed E-state index contributed by atoms with van der Waals surface area (Å²) in [6, 6.07) is 4.73. The molecule has 1 N–H and O–H groups in total. The summed E-state index contributed by atoms with van der Waals surface area (Å²) in [4.78, 5) is 12.1. The molecule has 5 heteroatoms. The molecule has 1 saturated heterocycles. The van der Waals surface area contributed by atoms with Gasteiger partial charge in [-0.15, -0.1) is 0 Å². The predicted molar refractivity (Wildman–Crippen MR) is 74.6 cm³/mol. The minimum absolute atomic E-state index is 0.0228. The average Bonchev–Trinajstić information content (AvgIpc) is 2.31. The van der Waals surface area contributed by atoms with Gasteiger partial charge in [0.1, 0.15) is 5.82 Å². The van der Waals surface area contributed by atoms with Crippen LogP contribution >= 0.6 is 15.9 Å². The Hall–Kier alpha value is -0.940. The SMILES string of the molecule is CC1(C)CC(NC(=O)c2cccc(Br)c2F)CCO1. The highest BCUT2D eigenvalue weighted by Crippen LogP contribution is 2.24. The van der Waals surface area contributed by atoms with Crippen molar-refractivity contribution in [3.05, 3.63) is 34.1 Å². The van der Waals surface area contributed by atoms with Crippen molar-refractivity contribution in [3.8, 4) is 0 Å². The van der Waals surface area contributed by atoms with Crippen LogP contribution in [0.3, 0.4) is 0 Å². The topological polar surface area (TPSA) is 38.3 Å². The summed E-state index contributed by atoms with van der Waals surface area (Å²) in [6.07, 6.45) is 1.49. The van der Waals surface area contributed by atoms with E-state index in [1.807, 2.05) is 13.8 Å². The summed E-state index contributed by atoms with van der Waals surface area (Å²) in [5.74, 6) is -0.896. The zero-order valence-corrected chi connectivity index (χ0v) is 12.6. The molecule has 3 nitrogen and oxygen atoms in total. The highest BCUT2D eigenvalue weighted by molar-refractivity contribution is 9.10. The highest BCUT2D eigenvalue weighted by Gasteiger charge is 2.30. The van der Waals surface area contributed by atoms with E-state index in [-0.39, 0.29) is 23.1 Å². The number of hydrogen-bond acceptors (Lipinski definition) is 2. The lowest BCUT2D eigenvalue weighted by atomic mass is 9.94. The predicted octanol–water partition coefficient (Wildman–Crippen LogP) is 3.28. The second-order valence-corrected chi connectivity index (χ2v) is 6.23. The molecule has 1 aromatic rings. The van der Waals surface area contributed by atoms with Crippen molar-refractivity contribution in [2.45, 2.75) is 38.3 Å². The molecule has 0 aromatic heterocycles. The number of hydrogen-bond donors (Lipinski definition) is 1. The first kappa shape index (κ1) is 14.5. The largest absolute Gasteiger partial charge is 0.375 e. The van der Waals surface area contributed by atoms with Gasteiger partial charge in [-0.25, -0.2) is 4.39 Å². The molecule has 2 rings (SSSR count). The molecule has 1 fully saturated rings. The van der Waals surface area contributed by atoms with Gasteiger partial charge < -0.3 is 10.1 Å². The standard InChI is InChI=1S/C14H17BrFNO2/c1-14(2)8-9(6-7-19-14)17-13(18)10-4-3-5-11(15)12(10)16/h3-5,9H,6-8H2,1-2H3,(H,17,18). The highest BCUT2D eigenvalue weighted by atomic mass is 79.9. The molecule has 1 aliphatic heterocycles. The normalized spacial score (nSPS) is 22.0. The van der Waals surface area contributed by atoms with Gasteiger partial charge >= 0.3 is 0 Å². The van der Waals surface area contributed by atoms with Crippen LogP contribution in [0.1, 0.15) is 37.0 Å². The van der Waals surface area contributed by atoms with E-state index in [9.17, 15) is 9.18 Å². The molecule has 1 aliphatic rings. The number of halogens is 2. The van der Waals surface area contributed by atoms with Gasteiger partial charge in [0.2, 0.25) is 0 Å². The molecule has 0 spiro atoms. The molecule has 1 heterocycles. The van der Waals surface area contributed by atoms with E-state index in [4.69, 9.17) is 4.74 Å². The van der Waals surface area contributed by atoms with Crippen molar-refractivity contribution >= 4 is 21.8 Å². The second kappa shape index (κ2) is 5.59. The first-order valence-corrected chi connectivity index (χ1v) is 7.07. The number of carbonyl (C=O) groups is 1. The molecule has 0 aliphatic carbocycles. The Morgan fingerprint density at radius 3 is 2.95 bits per heavy atom. The van der Waals surface area contributed by atoms with Crippen molar-refractivity contribution in [1.82, 2.24) is 5.32 Å². The van der Waals surface area contributed by atoms with Crippen molar-refractivity contribution < 1.29 is 13.9 Å². The maximum absolute atomic E-state index is 13.8. The van der Waals surface area contributed by atoms with Crippen LogP contribution in [0.5, 0.6) is 0 Å². The van der Waals surface area contributed by atoms with Crippen molar-refractivity contribution in [2.24, 2.45) is 0 Å². The summed E-state index contributed by atoms with van der Waals surface area (Å²) in [7, 11) is 0. The van der Waals surface area contributed by atoms with E-state index in [1.165, 1.54) is 6.07 Å². The van der Waals surface area contributed by atoms with Crippen LogP contribution in [0.2, 0.25) is 0 Å². The zero-order valence-electron chi connectivity index (χ0n) is 11.0. The Balaban J connectivity index is 2.07. The van der Waals surface area contributed by atoms with Crippen LogP contribution in [-0.2, 0) is 4.74 Å². The van der Waals surface area contributed by atoms with Crippen LogP contribution < -0.4 is 5.32 Å². The van der Waals surface area contributed by atoms with Gasteiger partial charge in [-0.05, 0) is 54.8 Å². The smallest absolute Gasteiger partial charge is 0.254 e. The van der Waals surface area contributed by atoms with Gasteiger partial charge in [-0.2, -0.15) is 0 Å². The van der Waals surface area contributed by atoms with E-state index in [0.29, 0.717) is 11.1 Å². The van der Waals surface area contributed by atoms with Crippen molar-refractivity contribution in [3.63, 3.8) is 0 Å². The van der Waals surface area contributed by atoms with E-state index >= 15 is 0 Å². The maximum atomic E-state index is 13.8. The molecule has 104 valence electrons. The summed E-state index contributed by atoms with van der Waals surface area (Å²) in [5, 5.41) is 2.88. The van der Waals surface area contributed by atoms with Gasteiger partial charge in [-0.3, -0.25) is 4.79 Å². The van der Waals surface area contributed by atoms with Crippen LogP contribution in [-0.4, -0.2) is 24.2 Å². The van der Waals surface area contributed by atoms with Gasteiger partial charge in [0, 0.05) is 12.6 Å². The summed E-state index contributed by atoms with van der Waals surface area (Å²) in [6.45, 7) is 4.59. The first-order chi connectivity index (χ1) is 8.89. The second-order valence-electron chi connectivity index (χ2n) is 5.37. The fourth-order valence-electron chi connectivity index (χ4n) is 2.30. The van der Waals surface area contributed by atoms with E-state index in [1.54, 1.807) is 12.1 Å².